The van der Waals surface area contributed by atoms with Gasteiger partial charge in [0.1, 0.15) is 12.1 Å². The normalized spacial score (nSPS) is 31.7. The predicted molar refractivity (Wildman–Crippen MR) is 135 cm³/mol. The van der Waals surface area contributed by atoms with Gasteiger partial charge in [-0.2, -0.15) is 13.2 Å². The van der Waals surface area contributed by atoms with Crippen LogP contribution >= 0.6 is 0 Å². The Balaban J connectivity index is 1.25. The molecule has 7 heteroatoms. The molecule has 1 N–H and O–H groups in total. The quantitative estimate of drug-likeness (QED) is 0.333. The standard InChI is InChI=1S/C31H31F4NO2/c32-24-9-5-18(6-10-24)25-13-26(19-3-1-2-4-19)36-27-11-20(12-28(38)29(25)27)21-14-30(15-21)16-22(31(33,34)35)7-8-23(30)17-37/h5-10,13,17,19-21,25,36H,1-4,11-12,14-16H2. The SMILES string of the molecule is O=CC1=CC=C(C(F)(F)F)CC12CC(C1CC(=O)C3=C(C1)NC(C1CCCC1)=CC3c1ccc(F)cc1)C2. The second kappa shape index (κ2) is 9.35. The molecule has 0 bridgehead atoms. The number of hydrogen-bond acceptors (Lipinski definition) is 3. The second-order valence-corrected chi connectivity index (χ2v) is 11.8. The van der Waals surface area contributed by atoms with E-state index in [0.29, 0.717) is 43.5 Å². The summed E-state index contributed by atoms with van der Waals surface area (Å²) in [7, 11) is 0. The van der Waals surface area contributed by atoms with Crippen molar-refractivity contribution >= 4 is 12.1 Å². The molecule has 2 unspecified atom stereocenters. The maximum atomic E-state index is 13.7. The maximum Gasteiger partial charge on any atom is 0.412 e. The molecule has 1 aromatic carbocycles. The van der Waals surface area contributed by atoms with Crippen LogP contribution in [-0.2, 0) is 9.59 Å². The van der Waals surface area contributed by atoms with Crippen molar-refractivity contribution in [3.8, 4) is 0 Å². The Bertz CT molecular complexity index is 1270. The van der Waals surface area contributed by atoms with E-state index in [2.05, 4.69) is 11.4 Å². The van der Waals surface area contributed by atoms with Crippen LogP contribution in [0.1, 0.15) is 69.3 Å². The predicted octanol–water partition coefficient (Wildman–Crippen LogP) is 7.23. The lowest BCUT2D eigenvalue weighted by Crippen LogP contribution is -2.47. The van der Waals surface area contributed by atoms with Crippen molar-refractivity contribution in [2.45, 2.75) is 69.9 Å². The molecular weight excluding hydrogens is 494 g/mol. The molecule has 1 heterocycles. The third-order valence-corrected chi connectivity index (χ3v) is 9.58. The first-order chi connectivity index (χ1) is 18.2. The lowest BCUT2D eigenvalue weighted by atomic mass is 9.51. The zero-order chi connectivity index (χ0) is 26.7. The number of hydrogen-bond donors (Lipinski definition) is 1. The van der Waals surface area contributed by atoms with Crippen LogP contribution in [0.5, 0.6) is 0 Å². The second-order valence-electron chi connectivity index (χ2n) is 11.8. The molecule has 2 saturated carbocycles. The molecule has 0 aromatic heterocycles. The molecule has 2 atom stereocenters. The first-order valence-electron chi connectivity index (χ1n) is 13.6. The van der Waals surface area contributed by atoms with Gasteiger partial charge < -0.3 is 5.32 Å². The fraction of sp³-hybridized carbons (Fsp3) is 0.484. The van der Waals surface area contributed by atoms with Gasteiger partial charge in [0, 0.05) is 40.3 Å². The number of benzene rings is 1. The molecule has 6 rings (SSSR count). The van der Waals surface area contributed by atoms with Crippen molar-refractivity contribution in [2.24, 2.45) is 23.2 Å². The number of dihydropyridines is 1. The number of aldehydes is 1. The van der Waals surface area contributed by atoms with Crippen molar-refractivity contribution in [2.75, 3.05) is 0 Å². The highest BCUT2D eigenvalue weighted by Gasteiger charge is 2.54. The first-order valence-corrected chi connectivity index (χ1v) is 13.6. The molecule has 1 spiro atoms. The summed E-state index contributed by atoms with van der Waals surface area (Å²) in [6, 6.07) is 6.35. The van der Waals surface area contributed by atoms with Gasteiger partial charge in [-0.15, -0.1) is 0 Å². The molecule has 1 aliphatic heterocycles. The van der Waals surface area contributed by atoms with Crippen LogP contribution in [0.4, 0.5) is 17.6 Å². The van der Waals surface area contributed by atoms with E-state index >= 15 is 0 Å². The van der Waals surface area contributed by atoms with Crippen LogP contribution in [0.3, 0.4) is 0 Å². The van der Waals surface area contributed by atoms with E-state index in [9.17, 15) is 27.2 Å². The van der Waals surface area contributed by atoms with E-state index < -0.39 is 17.2 Å². The zero-order valence-electron chi connectivity index (χ0n) is 21.1. The number of alkyl halides is 3. The summed E-state index contributed by atoms with van der Waals surface area (Å²) in [6.45, 7) is 0. The fourth-order valence-corrected chi connectivity index (χ4v) is 7.57. The number of allylic oxidation sites excluding steroid dienone is 8. The van der Waals surface area contributed by atoms with Gasteiger partial charge in [-0.3, -0.25) is 9.59 Å². The summed E-state index contributed by atoms with van der Waals surface area (Å²) in [5, 5.41) is 3.61. The molecule has 200 valence electrons. The minimum absolute atomic E-state index is 0.0179. The van der Waals surface area contributed by atoms with Gasteiger partial charge in [-0.1, -0.05) is 43.2 Å². The summed E-state index contributed by atoms with van der Waals surface area (Å²) in [4.78, 5) is 25.3. The van der Waals surface area contributed by atoms with Crippen LogP contribution in [0.15, 0.2) is 70.6 Å². The van der Waals surface area contributed by atoms with Crippen LogP contribution in [-0.4, -0.2) is 18.2 Å². The van der Waals surface area contributed by atoms with Gasteiger partial charge in [-0.05, 0) is 79.5 Å². The van der Waals surface area contributed by atoms with Crippen molar-refractivity contribution in [3.63, 3.8) is 0 Å². The molecule has 0 amide bonds. The lowest BCUT2D eigenvalue weighted by Gasteiger charge is -2.53. The number of carbonyl (C=O) groups excluding carboxylic acids is 2. The highest BCUT2D eigenvalue weighted by molar-refractivity contribution is 5.99. The Kier molecular flexibility index (Phi) is 6.23. The number of Topliss-reactive ketones (excluding diaryl/α,β-unsaturated/α-hetero) is 1. The van der Waals surface area contributed by atoms with Gasteiger partial charge in [0.25, 0.3) is 0 Å². The molecule has 1 aromatic rings. The Morgan fingerprint density at radius 2 is 1.68 bits per heavy atom. The summed E-state index contributed by atoms with van der Waals surface area (Å²) in [5.74, 6) is 0.00278. The van der Waals surface area contributed by atoms with E-state index in [0.717, 1.165) is 41.4 Å². The molecule has 5 aliphatic rings. The monoisotopic (exact) mass is 525 g/mol. The molecule has 2 fully saturated rings. The van der Waals surface area contributed by atoms with Crippen molar-refractivity contribution < 1.29 is 27.2 Å². The van der Waals surface area contributed by atoms with Crippen LogP contribution < -0.4 is 5.32 Å². The Morgan fingerprint density at radius 1 is 0.974 bits per heavy atom. The molecule has 0 radical (unpaired) electrons. The van der Waals surface area contributed by atoms with Crippen LogP contribution in [0.25, 0.3) is 0 Å². The number of ketones is 1. The number of carbonyl (C=O) groups is 2. The van der Waals surface area contributed by atoms with E-state index in [1.165, 1.54) is 31.1 Å². The van der Waals surface area contributed by atoms with Crippen LogP contribution in [0, 0.1) is 29.0 Å². The number of rotatable bonds is 4. The Labute approximate surface area is 219 Å². The molecule has 3 nitrogen and oxygen atoms in total. The largest absolute Gasteiger partial charge is 0.412 e. The average molecular weight is 526 g/mol. The maximum absolute atomic E-state index is 13.7. The highest BCUT2D eigenvalue weighted by Crippen LogP contribution is 2.61. The third-order valence-electron chi connectivity index (χ3n) is 9.58. The number of nitrogens with one attached hydrogen (secondary N) is 1. The van der Waals surface area contributed by atoms with Crippen molar-refractivity contribution in [1.29, 1.82) is 0 Å². The number of halogens is 4. The third kappa shape index (κ3) is 4.38. The Hall–Kier alpha value is -2.96. The topological polar surface area (TPSA) is 46.2 Å². The highest BCUT2D eigenvalue weighted by atomic mass is 19.4. The molecule has 38 heavy (non-hydrogen) atoms. The minimum atomic E-state index is -4.41. The smallest absolute Gasteiger partial charge is 0.362 e. The van der Waals surface area contributed by atoms with E-state index in [4.69, 9.17) is 0 Å². The summed E-state index contributed by atoms with van der Waals surface area (Å²) in [6.07, 6.45) is 7.11. The lowest BCUT2D eigenvalue weighted by molar-refractivity contribution is -0.120. The van der Waals surface area contributed by atoms with Crippen molar-refractivity contribution in [1.82, 2.24) is 5.32 Å². The first kappa shape index (κ1) is 25.3. The van der Waals surface area contributed by atoms with E-state index in [1.54, 1.807) is 12.1 Å². The van der Waals surface area contributed by atoms with E-state index in [-0.39, 0.29) is 35.8 Å². The van der Waals surface area contributed by atoms with Gasteiger partial charge >= 0.3 is 6.18 Å². The van der Waals surface area contributed by atoms with Crippen molar-refractivity contribution in [3.05, 3.63) is 82.0 Å². The minimum Gasteiger partial charge on any atom is -0.362 e. The summed E-state index contributed by atoms with van der Waals surface area (Å²) in [5.41, 5.74) is 2.73. The van der Waals surface area contributed by atoms with Crippen LogP contribution in [0.2, 0.25) is 0 Å². The molecule has 4 aliphatic carbocycles. The van der Waals surface area contributed by atoms with E-state index in [1.807, 2.05) is 0 Å². The van der Waals surface area contributed by atoms with Gasteiger partial charge in [0.15, 0.2) is 5.78 Å². The summed E-state index contributed by atoms with van der Waals surface area (Å²) >= 11 is 0. The van der Waals surface area contributed by atoms with Gasteiger partial charge in [-0.25, -0.2) is 4.39 Å². The molecular formula is C31H31F4NO2. The van der Waals surface area contributed by atoms with Gasteiger partial charge in [0.05, 0.1) is 0 Å². The summed E-state index contributed by atoms with van der Waals surface area (Å²) < 4.78 is 54.0. The van der Waals surface area contributed by atoms with Gasteiger partial charge in [0.2, 0.25) is 0 Å². The fourth-order valence-electron chi connectivity index (χ4n) is 7.57. The average Bonchev–Trinajstić information content (AvgIpc) is 3.41. The zero-order valence-corrected chi connectivity index (χ0v) is 21.1. The molecule has 0 saturated heterocycles. The Morgan fingerprint density at radius 3 is 2.34 bits per heavy atom.